The highest BCUT2D eigenvalue weighted by atomic mass is 28.2. The van der Waals surface area contributed by atoms with E-state index in [4.69, 9.17) is 9.90 Å². The van der Waals surface area contributed by atoms with Gasteiger partial charge in [-0.25, -0.2) is 4.79 Å². The van der Waals surface area contributed by atoms with Gasteiger partial charge in [-0.15, -0.1) is 0 Å². The van der Waals surface area contributed by atoms with Crippen molar-refractivity contribution in [1.29, 1.82) is 0 Å². The average Bonchev–Trinajstić information content (AvgIpc) is 1.33. The summed E-state index contributed by atoms with van der Waals surface area (Å²) in [7, 11) is 2.56. The zero-order valence-corrected chi connectivity index (χ0v) is 6.34. The van der Waals surface area contributed by atoms with Crippen LogP contribution in [0.5, 0.6) is 0 Å². The molecule has 0 unspecified atom stereocenters. The summed E-state index contributed by atoms with van der Waals surface area (Å²) in [5.74, 6) is 0. The first kappa shape index (κ1) is 9.67. The van der Waals surface area contributed by atoms with Crippen molar-refractivity contribution in [2.75, 3.05) is 7.11 Å². The molecule has 3 N–H and O–H groups in total. The predicted molar refractivity (Wildman–Crippen MR) is 29.2 cm³/mol. The third kappa shape index (κ3) is 212. The van der Waals surface area contributed by atoms with Gasteiger partial charge in [0, 0.05) is 7.11 Å². The second-order valence-electron chi connectivity index (χ2n) is 0.746. The van der Waals surface area contributed by atoms with Crippen LogP contribution in [0, 0.1) is 0 Å². The van der Waals surface area contributed by atoms with Gasteiger partial charge in [0.2, 0.25) is 0 Å². The molecule has 0 rings (SSSR count). The molecule has 0 aliphatic heterocycles. The number of primary amides is 1. The lowest BCUT2D eigenvalue weighted by Gasteiger charge is -1.61. The zero-order valence-electron chi connectivity index (χ0n) is 4.34. The summed E-state index contributed by atoms with van der Waals surface area (Å²) in [6.07, 6.45) is -1.33. The van der Waals surface area contributed by atoms with E-state index in [9.17, 15) is 0 Å². The van der Waals surface area contributed by atoms with Crippen LogP contribution in [0.2, 0.25) is 0 Å². The molecule has 7 heavy (non-hydrogen) atoms. The summed E-state index contributed by atoms with van der Waals surface area (Å²) in [6, 6.07) is 0. The molecule has 0 aliphatic carbocycles. The molecule has 0 atom stereocenters. The van der Waals surface area contributed by atoms with E-state index >= 15 is 0 Å². The van der Waals surface area contributed by atoms with Crippen molar-refractivity contribution < 1.29 is 14.3 Å². The minimum absolute atomic E-state index is 0.869. The van der Waals surface area contributed by atoms with Crippen LogP contribution in [0.25, 0.3) is 0 Å². The molecule has 44 valence electrons. The van der Waals surface area contributed by atoms with Crippen molar-refractivity contribution in [3.63, 3.8) is 0 Å². The molecular weight excluding hydrogens is 114 g/mol. The minimum atomic E-state index is -1.33. The van der Waals surface area contributed by atoms with Crippen LogP contribution in [-0.2, 0) is 4.43 Å². The molecular formula is C2H9NO3Si. The van der Waals surface area contributed by atoms with Gasteiger partial charge in [0.05, 0.1) is 0 Å². The van der Waals surface area contributed by atoms with Crippen LogP contribution in [-0.4, -0.2) is 28.8 Å². The number of amides is 1. The lowest BCUT2D eigenvalue weighted by Crippen LogP contribution is -2.03. The first-order chi connectivity index (χ1) is 3.15. The minimum Gasteiger partial charge on any atom is -0.465 e. The quantitative estimate of drug-likeness (QED) is 0.386. The van der Waals surface area contributed by atoms with Crippen LogP contribution in [0.1, 0.15) is 0 Å². The SMILES string of the molecule is CO[SiH3].NC(=O)O. The summed E-state index contributed by atoms with van der Waals surface area (Å²) < 4.78 is 4.39. The number of hydrogen-bond acceptors (Lipinski definition) is 2. The normalized spacial score (nSPS) is 6.43. The van der Waals surface area contributed by atoms with Crippen molar-refractivity contribution in [2.24, 2.45) is 5.73 Å². The third-order valence-corrected chi connectivity index (χ3v) is 0. The van der Waals surface area contributed by atoms with Gasteiger partial charge in [0.15, 0.2) is 0 Å². The summed E-state index contributed by atoms with van der Waals surface area (Å²) in [6.45, 7) is 0. The first-order valence-corrected chi connectivity index (χ1v) is 2.35. The Bertz CT molecular complexity index is 44.2. The fraction of sp³-hybridized carbons (Fsp3) is 0.500. The standard InChI is InChI=1S/CH3NO2.CH6OSi/c2-1(3)4;1-2-3/h2H2,(H,3,4);1,3H3. The van der Waals surface area contributed by atoms with E-state index in [2.05, 4.69) is 10.2 Å². The van der Waals surface area contributed by atoms with E-state index < -0.39 is 6.09 Å². The van der Waals surface area contributed by atoms with Gasteiger partial charge in [-0.1, -0.05) is 0 Å². The molecule has 1 amide bonds. The Balaban J connectivity index is 0. The fourth-order valence-electron chi connectivity index (χ4n) is 0. The maximum atomic E-state index is 8.78. The van der Waals surface area contributed by atoms with Gasteiger partial charge in [-0.05, 0) is 0 Å². The molecule has 0 radical (unpaired) electrons. The van der Waals surface area contributed by atoms with E-state index in [1.807, 2.05) is 0 Å². The maximum Gasteiger partial charge on any atom is 0.402 e. The van der Waals surface area contributed by atoms with E-state index in [0.717, 1.165) is 10.5 Å². The molecule has 5 heteroatoms. The molecule has 0 bridgehead atoms. The van der Waals surface area contributed by atoms with E-state index in [-0.39, 0.29) is 0 Å². The molecule has 0 aromatic carbocycles. The largest absolute Gasteiger partial charge is 0.465 e. The monoisotopic (exact) mass is 123 g/mol. The van der Waals surface area contributed by atoms with Crippen molar-refractivity contribution in [3.8, 4) is 0 Å². The molecule has 0 fully saturated rings. The second-order valence-corrected chi connectivity index (χ2v) is 1.56. The molecule has 0 saturated heterocycles. The van der Waals surface area contributed by atoms with E-state index in [1.165, 1.54) is 0 Å². The molecule has 4 nitrogen and oxygen atoms in total. The van der Waals surface area contributed by atoms with Gasteiger partial charge in [0.25, 0.3) is 0 Å². The van der Waals surface area contributed by atoms with Crippen LogP contribution < -0.4 is 5.73 Å². The Morgan fingerprint density at radius 2 is 2.00 bits per heavy atom. The number of nitrogens with two attached hydrogens (primary N) is 1. The highest BCUT2D eigenvalue weighted by Crippen LogP contribution is 1.34. The topological polar surface area (TPSA) is 72.5 Å². The summed E-state index contributed by atoms with van der Waals surface area (Å²) >= 11 is 0. The van der Waals surface area contributed by atoms with Gasteiger partial charge < -0.3 is 15.3 Å². The van der Waals surface area contributed by atoms with Crippen molar-refractivity contribution in [3.05, 3.63) is 0 Å². The highest BCUT2D eigenvalue weighted by molar-refractivity contribution is 5.97. The number of rotatable bonds is 0. The zero-order chi connectivity index (χ0) is 6.28. The lowest BCUT2D eigenvalue weighted by molar-refractivity contribution is 0.205. The van der Waals surface area contributed by atoms with Crippen LogP contribution in [0.3, 0.4) is 0 Å². The molecule has 0 heterocycles. The van der Waals surface area contributed by atoms with Crippen molar-refractivity contribution in [2.45, 2.75) is 0 Å². The van der Waals surface area contributed by atoms with Gasteiger partial charge in [0.1, 0.15) is 10.5 Å². The van der Waals surface area contributed by atoms with Crippen molar-refractivity contribution >= 4 is 16.6 Å². The van der Waals surface area contributed by atoms with E-state index in [1.54, 1.807) is 7.11 Å². The summed E-state index contributed by atoms with van der Waals surface area (Å²) in [5.41, 5.74) is 4.03. The van der Waals surface area contributed by atoms with Gasteiger partial charge in [-0.3, -0.25) is 0 Å². The summed E-state index contributed by atoms with van der Waals surface area (Å²) in [4.78, 5) is 8.78. The summed E-state index contributed by atoms with van der Waals surface area (Å²) in [5, 5.41) is 7.19. The molecule has 0 aromatic heterocycles. The lowest BCUT2D eigenvalue weighted by atomic mass is 11.3. The maximum absolute atomic E-state index is 8.78. The third-order valence-electron chi connectivity index (χ3n) is 0. The Morgan fingerprint density at radius 1 is 2.00 bits per heavy atom. The molecule has 0 spiro atoms. The highest BCUT2D eigenvalue weighted by Gasteiger charge is 1.65. The Morgan fingerprint density at radius 3 is 2.00 bits per heavy atom. The average molecular weight is 123 g/mol. The molecule has 0 aliphatic rings. The second kappa shape index (κ2) is 9.07. The van der Waals surface area contributed by atoms with Crippen LogP contribution >= 0.6 is 0 Å². The van der Waals surface area contributed by atoms with E-state index in [0.29, 0.717) is 0 Å². The number of carboxylic acid groups (broad SMARTS) is 1. The Labute approximate surface area is 44.8 Å². The van der Waals surface area contributed by atoms with Crippen LogP contribution in [0.15, 0.2) is 0 Å². The molecule has 0 aromatic rings. The number of hydrogen-bond donors (Lipinski definition) is 2. The fourth-order valence-corrected chi connectivity index (χ4v) is 0. The van der Waals surface area contributed by atoms with Gasteiger partial charge in [-0.2, -0.15) is 0 Å². The molecule has 0 saturated carbocycles. The smallest absolute Gasteiger partial charge is 0.402 e. The Hall–Kier alpha value is -0.553. The Kier molecular flexibility index (Phi) is 12.5. The first-order valence-electron chi connectivity index (χ1n) is 1.53. The van der Waals surface area contributed by atoms with Crippen LogP contribution in [0.4, 0.5) is 4.79 Å². The predicted octanol–water partition coefficient (Wildman–Crippen LogP) is -1.46. The number of carbonyl (C=O) groups is 1. The van der Waals surface area contributed by atoms with Gasteiger partial charge >= 0.3 is 6.09 Å². The van der Waals surface area contributed by atoms with Crippen molar-refractivity contribution in [1.82, 2.24) is 0 Å².